The Kier molecular flexibility index (Phi) is 8.57. The molecule has 0 radical (unpaired) electrons. The molecule has 0 aliphatic heterocycles. The summed E-state index contributed by atoms with van der Waals surface area (Å²) >= 11 is 14.6. The molecule has 1 aliphatic rings. The zero-order chi connectivity index (χ0) is 21.4. The number of nitrogens with zero attached hydrogens (tertiary/aromatic N) is 1. The van der Waals surface area contributed by atoms with Gasteiger partial charge in [0.2, 0.25) is 0 Å². The van der Waals surface area contributed by atoms with Crippen LogP contribution in [-0.2, 0) is 0 Å². The first-order chi connectivity index (χ1) is 14.4. The summed E-state index contributed by atoms with van der Waals surface area (Å²) in [6.07, 6.45) is 6.72. The van der Waals surface area contributed by atoms with E-state index < -0.39 is 0 Å². The van der Waals surface area contributed by atoms with Gasteiger partial charge >= 0.3 is 0 Å². The van der Waals surface area contributed by atoms with E-state index in [0.29, 0.717) is 5.92 Å². The molecule has 30 heavy (non-hydrogen) atoms. The molecule has 4 rings (SSSR count). The molecule has 2 unspecified atom stereocenters. The van der Waals surface area contributed by atoms with Crippen molar-refractivity contribution in [3.05, 3.63) is 40.7 Å². The molecule has 1 aliphatic carbocycles. The fraction of sp³-hybridized carbons (Fsp3) is 0.286. The van der Waals surface area contributed by atoms with Gasteiger partial charge in [0.25, 0.3) is 0 Å². The second kappa shape index (κ2) is 10.6. The van der Waals surface area contributed by atoms with Crippen molar-refractivity contribution in [2.75, 3.05) is 0 Å². The lowest BCUT2D eigenvalue weighted by molar-refractivity contribution is 0.445. The highest BCUT2D eigenvalue weighted by atomic mass is 127. The van der Waals surface area contributed by atoms with Crippen LogP contribution in [-0.4, -0.2) is 0 Å². The molecule has 9 heteroatoms. The Labute approximate surface area is 227 Å². The van der Waals surface area contributed by atoms with Gasteiger partial charge in [-0.15, -0.1) is 53.8 Å². The summed E-state index contributed by atoms with van der Waals surface area (Å²) in [5.41, 5.74) is 1.17. The van der Waals surface area contributed by atoms with Crippen molar-refractivity contribution in [1.29, 1.82) is 5.26 Å². The summed E-state index contributed by atoms with van der Waals surface area (Å²) in [5.74, 6) is 0.705. The number of benzene rings is 1. The number of fused-ring (bicyclic) bond motifs is 1. The Morgan fingerprint density at radius 2 is 1.73 bits per heavy atom. The van der Waals surface area contributed by atoms with Crippen LogP contribution in [0.25, 0.3) is 20.0 Å². The molecular weight excluding hydrogens is 710 g/mol. The van der Waals surface area contributed by atoms with Crippen LogP contribution in [0.15, 0.2) is 28.0 Å². The van der Waals surface area contributed by atoms with Crippen LogP contribution in [0.4, 0.5) is 0 Å². The highest BCUT2D eigenvalue weighted by molar-refractivity contribution is 14.1. The average Bonchev–Trinajstić information content (AvgIpc) is 3.29. The molecule has 2 aromatic heterocycles. The summed E-state index contributed by atoms with van der Waals surface area (Å²) in [6, 6.07) is 6.66. The lowest BCUT2D eigenvalue weighted by atomic mass is 9.88. The van der Waals surface area contributed by atoms with Crippen LogP contribution in [0.3, 0.4) is 0 Å². The van der Waals surface area contributed by atoms with Gasteiger partial charge in [-0.2, -0.15) is 5.26 Å². The van der Waals surface area contributed by atoms with E-state index in [-0.39, 0.29) is 0 Å². The Morgan fingerprint density at radius 3 is 2.33 bits per heavy atom. The largest absolute Gasteiger partial charge is 0.185 e. The minimum Gasteiger partial charge on any atom is -0.185 e. The Bertz CT molecular complexity index is 1160. The van der Waals surface area contributed by atoms with Crippen molar-refractivity contribution in [3.63, 3.8) is 0 Å². The maximum absolute atomic E-state index is 9.04. The SMILES string of the molecule is N#CSc1c(I)cc(/C(P)=C(\P)c2cc3sc(C4CCCCC4)c(S)c3s2)cc1I. The average molecular weight is 729 g/mol. The first-order valence-corrected chi connectivity index (χ1v) is 15.7. The quantitative estimate of drug-likeness (QED) is 0.0952. The molecule has 0 spiro atoms. The number of nitriles is 1. The van der Waals surface area contributed by atoms with Gasteiger partial charge in [-0.05, 0) is 110 Å². The number of thioether (sulfide) groups is 1. The van der Waals surface area contributed by atoms with Crippen molar-refractivity contribution >= 4 is 131 Å². The van der Waals surface area contributed by atoms with Gasteiger partial charge in [-0.25, -0.2) is 0 Å². The minimum absolute atomic E-state index is 0.705. The van der Waals surface area contributed by atoms with Crippen molar-refractivity contribution < 1.29 is 0 Å². The molecule has 1 aromatic carbocycles. The number of hydrogen-bond donors (Lipinski definition) is 1. The van der Waals surface area contributed by atoms with Gasteiger partial charge in [-0.3, -0.25) is 0 Å². The minimum atomic E-state index is 0.705. The molecule has 0 amide bonds. The van der Waals surface area contributed by atoms with E-state index in [1.54, 1.807) is 0 Å². The molecule has 0 bridgehead atoms. The number of hydrogen-bond acceptors (Lipinski definition) is 5. The Hall–Kier alpha value is 1.13. The number of halogens is 2. The Morgan fingerprint density at radius 1 is 1.07 bits per heavy atom. The van der Waals surface area contributed by atoms with E-state index in [1.165, 1.54) is 84.1 Å². The molecule has 3 aromatic rings. The summed E-state index contributed by atoms with van der Waals surface area (Å²) < 4.78 is 4.92. The molecule has 2 atom stereocenters. The molecule has 1 saturated carbocycles. The number of thiophene rings is 2. The third-order valence-electron chi connectivity index (χ3n) is 5.35. The van der Waals surface area contributed by atoms with Gasteiger partial charge in [0.15, 0.2) is 0 Å². The summed E-state index contributed by atoms with van der Waals surface area (Å²) in [4.78, 5) is 5.03. The highest BCUT2D eigenvalue weighted by Crippen LogP contribution is 2.49. The summed E-state index contributed by atoms with van der Waals surface area (Å²) in [6.45, 7) is 0. The first kappa shape index (κ1) is 24.3. The summed E-state index contributed by atoms with van der Waals surface area (Å²) in [7, 11) is 5.85. The standard InChI is InChI=1S/C21H19I2NP2S4/c22-12-6-11(7-13(23)20(12)28-9-24)16(25)17(26)14-8-15-21(29-14)18(27)19(30-15)10-4-2-1-3-5-10/h6-8,10,27H,1-5,25-26H2/b17-16+. The van der Waals surface area contributed by atoms with Gasteiger partial charge < -0.3 is 0 Å². The molecular formula is C21H19I2NP2S4. The van der Waals surface area contributed by atoms with Gasteiger partial charge in [0.05, 0.1) is 4.70 Å². The van der Waals surface area contributed by atoms with Crippen molar-refractivity contribution in [2.24, 2.45) is 0 Å². The normalized spacial score (nSPS) is 16.0. The zero-order valence-corrected chi connectivity index (χ0v) is 25.8. The van der Waals surface area contributed by atoms with E-state index in [1.807, 2.05) is 22.7 Å². The monoisotopic (exact) mass is 729 g/mol. The Balaban J connectivity index is 1.69. The number of rotatable bonds is 4. The molecule has 156 valence electrons. The van der Waals surface area contributed by atoms with Crippen molar-refractivity contribution in [2.45, 2.75) is 47.8 Å². The molecule has 0 saturated heterocycles. The zero-order valence-electron chi connectivity index (χ0n) is 15.9. The predicted molar refractivity (Wildman–Crippen MR) is 162 cm³/mol. The second-order valence-corrected chi connectivity index (χ2v) is 14.1. The second-order valence-electron chi connectivity index (χ2n) is 7.24. The fourth-order valence-corrected chi connectivity index (χ4v) is 10.7. The number of thiol groups is 1. The van der Waals surface area contributed by atoms with Gasteiger partial charge in [-0.1, -0.05) is 19.3 Å². The van der Waals surface area contributed by atoms with E-state index in [4.69, 9.17) is 17.9 Å². The fourth-order valence-electron chi connectivity index (χ4n) is 3.81. The van der Waals surface area contributed by atoms with Crippen LogP contribution >= 0.6 is 111 Å². The third-order valence-corrected chi connectivity index (χ3v) is 13.7. The van der Waals surface area contributed by atoms with Crippen LogP contribution in [0.5, 0.6) is 0 Å². The maximum atomic E-state index is 9.04. The van der Waals surface area contributed by atoms with Crippen molar-refractivity contribution in [3.8, 4) is 5.40 Å². The molecule has 1 fully saturated rings. The summed E-state index contributed by atoms with van der Waals surface area (Å²) in [5, 5.41) is 13.6. The van der Waals surface area contributed by atoms with E-state index in [2.05, 4.69) is 87.3 Å². The van der Waals surface area contributed by atoms with Crippen LogP contribution in [0.2, 0.25) is 0 Å². The van der Waals surface area contributed by atoms with Gasteiger partial charge in [0, 0.05) is 31.4 Å². The third kappa shape index (κ3) is 4.97. The first-order valence-electron chi connectivity index (χ1n) is 9.46. The van der Waals surface area contributed by atoms with E-state index in [9.17, 15) is 0 Å². The van der Waals surface area contributed by atoms with Crippen LogP contribution in [0.1, 0.15) is 53.3 Å². The van der Waals surface area contributed by atoms with E-state index in [0.717, 1.165) is 12.0 Å². The molecule has 1 nitrogen and oxygen atoms in total. The molecule has 2 heterocycles. The van der Waals surface area contributed by atoms with Gasteiger partial charge in [0.1, 0.15) is 5.40 Å². The van der Waals surface area contributed by atoms with E-state index >= 15 is 0 Å². The maximum Gasteiger partial charge on any atom is 0.138 e. The lowest BCUT2D eigenvalue weighted by Gasteiger charge is -2.20. The highest BCUT2D eigenvalue weighted by Gasteiger charge is 2.23. The topological polar surface area (TPSA) is 23.8 Å². The van der Waals surface area contributed by atoms with Crippen molar-refractivity contribution in [1.82, 2.24) is 0 Å². The van der Waals surface area contributed by atoms with Crippen LogP contribution < -0.4 is 0 Å². The van der Waals surface area contributed by atoms with Crippen LogP contribution in [0, 0.1) is 17.8 Å². The lowest BCUT2D eigenvalue weighted by Crippen LogP contribution is -2.02. The predicted octanol–water partition coefficient (Wildman–Crippen LogP) is 9.66. The molecule has 0 N–H and O–H groups in total. The number of thiocyanates is 1. The smallest absolute Gasteiger partial charge is 0.138 e.